The third kappa shape index (κ3) is 4.01. The summed E-state index contributed by atoms with van der Waals surface area (Å²) in [7, 11) is 0. The number of para-hydroxylation sites is 2. The molecule has 1 aromatic carbocycles. The van der Waals surface area contributed by atoms with Gasteiger partial charge in [-0.05, 0) is 18.2 Å². The van der Waals surface area contributed by atoms with Crippen molar-refractivity contribution in [3.05, 3.63) is 48.3 Å². The standard InChI is InChI=1S/C14H12F3NO3/c15-14(16,17)6-8-21-12-4-2-1-3-11(12)18-7-5-10(9-18)13(19)20/h1-5,7,9H,6,8H2,(H,19,20). The highest BCUT2D eigenvalue weighted by molar-refractivity contribution is 5.87. The van der Waals surface area contributed by atoms with Crippen LogP contribution in [0.2, 0.25) is 0 Å². The maximum atomic E-state index is 12.1. The summed E-state index contributed by atoms with van der Waals surface area (Å²) in [5, 5.41) is 8.88. The number of nitrogens with zero attached hydrogens (tertiary/aromatic N) is 1. The average molecular weight is 299 g/mol. The van der Waals surface area contributed by atoms with Gasteiger partial charge in [0.2, 0.25) is 0 Å². The van der Waals surface area contributed by atoms with Crippen LogP contribution in [0.5, 0.6) is 5.75 Å². The fourth-order valence-electron chi connectivity index (χ4n) is 1.74. The van der Waals surface area contributed by atoms with E-state index in [0.717, 1.165) is 0 Å². The minimum Gasteiger partial charge on any atom is -0.491 e. The highest BCUT2D eigenvalue weighted by atomic mass is 19.4. The topological polar surface area (TPSA) is 51.5 Å². The first-order valence-corrected chi connectivity index (χ1v) is 6.07. The molecule has 1 heterocycles. The number of carboxylic acid groups (broad SMARTS) is 1. The Balaban J connectivity index is 2.18. The molecule has 0 atom stereocenters. The molecule has 0 fully saturated rings. The lowest BCUT2D eigenvalue weighted by molar-refractivity contribution is -0.139. The minimum absolute atomic E-state index is 0.0834. The molecule has 0 saturated carbocycles. The first-order valence-electron chi connectivity index (χ1n) is 6.07. The quantitative estimate of drug-likeness (QED) is 0.919. The largest absolute Gasteiger partial charge is 0.491 e. The smallest absolute Gasteiger partial charge is 0.392 e. The number of alkyl halides is 3. The lowest BCUT2D eigenvalue weighted by atomic mass is 10.3. The van der Waals surface area contributed by atoms with Crippen molar-refractivity contribution in [2.45, 2.75) is 12.6 Å². The van der Waals surface area contributed by atoms with Gasteiger partial charge in [-0.25, -0.2) is 4.79 Å². The van der Waals surface area contributed by atoms with Crippen molar-refractivity contribution in [2.75, 3.05) is 6.61 Å². The molecule has 2 aromatic rings. The normalized spacial score (nSPS) is 11.4. The number of hydrogen-bond donors (Lipinski definition) is 1. The molecule has 2 rings (SSSR count). The van der Waals surface area contributed by atoms with Gasteiger partial charge in [0.15, 0.2) is 0 Å². The van der Waals surface area contributed by atoms with Crippen molar-refractivity contribution in [1.82, 2.24) is 4.57 Å². The Bertz CT molecular complexity index is 634. The number of halogens is 3. The lowest BCUT2D eigenvalue weighted by Crippen LogP contribution is -2.13. The molecule has 1 aromatic heterocycles. The van der Waals surface area contributed by atoms with Crippen LogP contribution in [-0.4, -0.2) is 28.4 Å². The first kappa shape index (κ1) is 15.0. The molecule has 0 radical (unpaired) electrons. The second kappa shape index (κ2) is 5.90. The van der Waals surface area contributed by atoms with Gasteiger partial charge in [0.25, 0.3) is 0 Å². The van der Waals surface area contributed by atoms with Gasteiger partial charge in [-0.2, -0.15) is 13.2 Å². The van der Waals surface area contributed by atoms with E-state index < -0.39 is 25.2 Å². The number of benzene rings is 1. The van der Waals surface area contributed by atoms with E-state index in [1.807, 2.05) is 0 Å². The van der Waals surface area contributed by atoms with Gasteiger partial charge in [-0.15, -0.1) is 0 Å². The van der Waals surface area contributed by atoms with Crippen LogP contribution in [0.4, 0.5) is 13.2 Å². The van der Waals surface area contributed by atoms with E-state index in [1.165, 1.54) is 29.1 Å². The summed E-state index contributed by atoms with van der Waals surface area (Å²) in [4.78, 5) is 10.8. The second-order valence-corrected chi connectivity index (χ2v) is 4.29. The SMILES string of the molecule is O=C(O)c1ccn(-c2ccccc2OCCC(F)(F)F)c1. The number of rotatable bonds is 5. The molecule has 0 spiro atoms. The van der Waals surface area contributed by atoms with Crippen molar-refractivity contribution in [3.8, 4) is 11.4 Å². The Kier molecular flexibility index (Phi) is 4.21. The Hall–Kier alpha value is -2.44. The summed E-state index contributed by atoms with van der Waals surface area (Å²) < 4.78 is 43.0. The molecule has 0 amide bonds. The number of carbonyl (C=O) groups is 1. The zero-order valence-electron chi connectivity index (χ0n) is 10.8. The number of aromatic nitrogens is 1. The van der Waals surface area contributed by atoms with Gasteiger partial charge in [-0.3, -0.25) is 0 Å². The summed E-state index contributed by atoms with van der Waals surface area (Å²) in [5.41, 5.74) is 0.562. The molecule has 0 aliphatic carbocycles. The molecule has 112 valence electrons. The van der Waals surface area contributed by atoms with Crippen molar-refractivity contribution in [3.63, 3.8) is 0 Å². The maximum absolute atomic E-state index is 12.1. The molecule has 0 aliphatic heterocycles. The van der Waals surface area contributed by atoms with Crippen LogP contribution >= 0.6 is 0 Å². The van der Waals surface area contributed by atoms with Crippen LogP contribution in [0.3, 0.4) is 0 Å². The number of aromatic carboxylic acids is 1. The highest BCUT2D eigenvalue weighted by Gasteiger charge is 2.27. The van der Waals surface area contributed by atoms with Gasteiger partial charge in [0.1, 0.15) is 5.75 Å². The number of carboxylic acids is 1. The van der Waals surface area contributed by atoms with E-state index in [9.17, 15) is 18.0 Å². The van der Waals surface area contributed by atoms with E-state index in [0.29, 0.717) is 5.69 Å². The molecule has 0 aliphatic rings. The predicted octanol–water partition coefficient (Wildman–Crippen LogP) is 3.51. The monoisotopic (exact) mass is 299 g/mol. The number of hydrogen-bond acceptors (Lipinski definition) is 2. The lowest BCUT2D eigenvalue weighted by Gasteiger charge is -2.13. The predicted molar refractivity (Wildman–Crippen MR) is 68.9 cm³/mol. The van der Waals surface area contributed by atoms with Gasteiger partial charge in [0, 0.05) is 12.4 Å². The second-order valence-electron chi connectivity index (χ2n) is 4.29. The summed E-state index contributed by atoms with van der Waals surface area (Å²) in [6, 6.07) is 7.88. The average Bonchev–Trinajstić information content (AvgIpc) is 2.87. The molecule has 0 saturated heterocycles. The van der Waals surface area contributed by atoms with Crippen molar-refractivity contribution < 1.29 is 27.8 Å². The molecule has 0 bridgehead atoms. The summed E-state index contributed by atoms with van der Waals surface area (Å²) in [5.74, 6) is -0.821. The zero-order chi connectivity index (χ0) is 15.5. The van der Waals surface area contributed by atoms with Crippen LogP contribution in [0.15, 0.2) is 42.7 Å². The Labute approximate surface area is 118 Å². The van der Waals surface area contributed by atoms with Crippen LogP contribution in [-0.2, 0) is 0 Å². The third-order valence-corrected chi connectivity index (χ3v) is 2.73. The molecule has 7 heteroatoms. The van der Waals surface area contributed by atoms with Crippen molar-refractivity contribution in [1.29, 1.82) is 0 Å². The maximum Gasteiger partial charge on any atom is 0.392 e. The van der Waals surface area contributed by atoms with E-state index in [-0.39, 0.29) is 11.3 Å². The van der Waals surface area contributed by atoms with Crippen molar-refractivity contribution >= 4 is 5.97 Å². The molecule has 21 heavy (non-hydrogen) atoms. The molecule has 1 N–H and O–H groups in total. The van der Waals surface area contributed by atoms with Gasteiger partial charge in [0.05, 0.1) is 24.3 Å². The Morgan fingerprint density at radius 3 is 2.57 bits per heavy atom. The summed E-state index contributed by atoms with van der Waals surface area (Å²) in [6.07, 6.45) is -2.45. The van der Waals surface area contributed by atoms with Gasteiger partial charge < -0.3 is 14.4 Å². The van der Waals surface area contributed by atoms with Crippen LogP contribution in [0.1, 0.15) is 16.8 Å². The fraction of sp³-hybridized carbons (Fsp3) is 0.214. The highest BCUT2D eigenvalue weighted by Crippen LogP contribution is 2.25. The van der Waals surface area contributed by atoms with E-state index in [4.69, 9.17) is 9.84 Å². The Morgan fingerprint density at radius 2 is 1.95 bits per heavy atom. The van der Waals surface area contributed by atoms with E-state index in [1.54, 1.807) is 18.2 Å². The zero-order valence-corrected chi connectivity index (χ0v) is 10.8. The molecular weight excluding hydrogens is 287 g/mol. The van der Waals surface area contributed by atoms with Crippen molar-refractivity contribution in [2.24, 2.45) is 0 Å². The van der Waals surface area contributed by atoms with Crippen LogP contribution < -0.4 is 4.74 Å². The third-order valence-electron chi connectivity index (χ3n) is 2.73. The van der Waals surface area contributed by atoms with Gasteiger partial charge >= 0.3 is 12.1 Å². The molecule has 4 nitrogen and oxygen atoms in total. The minimum atomic E-state index is -4.28. The van der Waals surface area contributed by atoms with Crippen LogP contribution in [0, 0.1) is 0 Å². The molecule has 0 unspecified atom stereocenters. The molecular formula is C14H12F3NO3. The van der Waals surface area contributed by atoms with Gasteiger partial charge in [-0.1, -0.05) is 12.1 Å². The van der Waals surface area contributed by atoms with E-state index in [2.05, 4.69) is 0 Å². The van der Waals surface area contributed by atoms with E-state index >= 15 is 0 Å². The summed E-state index contributed by atoms with van der Waals surface area (Å²) >= 11 is 0. The first-order chi connectivity index (χ1) is 9.87. The van der Waals surface area contributed by atoms with Crippen LogP contribution in [0.25, 0.3) is 5.69 Å². The fourth-order valence-corrected chi connectivity index (χ4v) is 1.74. The Morgan fingerprint density at radius 1 is 1.24 bits per heavy atom. The number of ether oxygens (including phenoxy) is 1. The summed E-state index contributed by atoms with van der Waals surface area (Å²) in [6.45, 7) is -0.492.